The highest BCUT2D eigenvalue weighted by Crippen LogP contribution is 2.37. The molecule has 0 N–H and O–H groups in total. The average molecular weight is 436 g/mol. The second kappa shape index (κ2) is 8.62. The van der Waals surface area contributed by atoms with Crippen LogP contribution in [0.2, 0.25) is 0 Å². The summed E-state index contributed by atoms with van der Waals surface area (Å²) < 4.78 is 16.7. The zero-order valence-electron chi connectivity index (χ0n) is 17.4. The number of ether oxygens (including phenoxy) is 2. The maximum absolute atomic E-state index is 12.9. The molecule has 0 spiro atoms. The molecule has 0 amide bonds. The number of carbonyl (C=O) groups is 2. The van der Waals surface area contributed by atoms with Crippen LogP contribution in [-0.2, 0) is 15.9 Å². The zero-order valence-corrected chi connectivity index (χ0v) is 17.4. The molecule has 32 heavy (non-hydrogen) atoms. The van der Waals surface area contributed by atoms with Gasteiger partial charge in [-0.05, 0) is 24.6 Å². The molecule has 3 aromatic rings. The molecule has 0 bridgehead atoms. The summed E-state index contributed by atoms with van der Waals surface area (Å²) in [5.41, 5.74) is 1.60. The van der Waals surface area contributed by atoms with Gasteiger partial charge in [0.25, 0.3) is 5.69 Å². The number of cyclic esters (lactones) is 1. The molecule has 0 unspecified atom stereocenters. The van der Waals surface area contributed by atoms with Crippen molar-refractivity contribution in [3.8, 4) is 0 Å². The second-order valence-corrected chi connectivity index (χ2v) is 7.63. The summed E-state index contributed by atoms with van der Waals surface area (Å²) in [5, 5.41) is 10.9. The van der Waals surface area contributed by atoms with Gasteiger partial charge in [-0.1, -0.05) is 25.1 Å². The van der Waals surface area contributed by atoms with Gasteiger partial charge in [0, 0.05) is 30.5 Å². The van der Waals surface area contributed by atoms with Crippen LogP contribution in [0.5, 0.6) is 0 Å². The van der Waals surface area contributed by atoms with Crippen LogP contribution >= 0.6 is 0 Å². The summed E-state index contributed by atoms with van der Waals surface area (Å²) in [6.45, 7) is 3.61. The summed E-state index contributed by atoms with van der Waals surface area (Å²) in [6.07, 6.45) is 0.386. The first-order valence-electron chi connectivity index (χ1n) is 10.00. The Morgan fingerprint density at radius 2 is 1.94 bits per heavy atom. The number of hydrogen-bond acceptors (Lipinski definition) is 8. The highest BCUT2D eigenvalue weighted by atomic mass is 16.6. The number of benzene rings is 2. The summed E-state index contributed by atoms with van der Waals surface area (Å²) in [4.78, 5) is 40.1. The standard InChI is InChI=1S/C23H20N2O7/c1-13(11-16-12-30-14(2)24-16)20-21(18-5-3-4-6-19(18)23(27)31-20)32-22(26)15-7-9-17(10-8-15)25(28)29/h3-10,12-13,20-21H,11H2,1-2H3/t13-,20-,21+/m0/s1. The molecule has 9 heteroatoms. The molecule has 0 saturated carbocycles. The van der Waals surface area contributed by atoms with E-state index in [1.807, 2.05) is 6.92 Å². The Bertz CT molecular complexity index is 1170. The number of aryl methyl sites for hydroxylation is 1. The highest BCUT2D eigenvalue weighted by molar-refractivity contribution is 5.93. The van der Waals surface area contributed by atoms with E-state index in [0.717, 1.165) is 0 Å². The number of carbonyl (C=O) groups excluding carboxylic acids is 2. The first kappa shape index (κ1) is 21.2. The number of rotatable bonds is 6. The predicted octanol–water partition coefficient (Wildman–Crippen LogP) is 4.21. The number of oxazole rings is 1. The molecule has 0 saturated heterocycles. The van der Waals surface area contributed by atoms with Gasteiger partial charge in [0.15, 0.2) is 12.0 Å². The number of fused-ring (bicyclic) bond motifs is 1. The minimum Gasteiger partial charge on any atom is -0.454 e. The Labute approximate surface area is 183 Å². The fraction of sp³-hybridized carbons (Fsp3) is 0.261. The van der Waals surface area contributed by atoms with Crippen LogP contribution in [0.25, 0.3) is 0 Å². The fourth-order valence-corrected chi connectivity index (χ4v) is 3.75. The molecule has 3 atom stereocenters. The molecule has 164 valence electrons. The topological polar surface area (TPSA) is 122 Å². The lowest BCUT2D eigenvalue weighted by Gasteiger charge is -2.35. The summed E-state index contributed by atoms with van der Waals surface area (Å²) in [6, 6.07) is 11.9. The van der Waals surface area contributed by atoms with Gasteiger partial charge in [0.2, 0.25) is 0 Å². The number of nitro groups is 1. The molecule has 4 rings (SSSR count). The molecule has 2 aromatic carbocycles. The minimum absolute atomic E-state index is 0.132. The summed E-state index contributed by atoms with van der Waals surface area (Å²) in [5.74, 6) is -0.880. The number of non-ortho nitro benzene ring substituents is 1. The van der Waals surface area contributed by atoms with E-state index >= 15 is 0 Å². The minimum atomic E-state index is -0.852. The lowest BCUT2D eigenvalue weighted by atomic mass is 9.87. The van der Waals surface area contributed by atoms with Gasteiger partial charge < -0.3 is 13.9 Å². The Morgan fingerprint density at radius 1 is 1.22 bits per heavy atom. The van der Waals surface area contributed by atoms with Crippen molar-refractivity contribution in [2.45, 2.75) is 32.5 Å². The Morgan fingerprint density at radius 3 is 2.59 bits per heavy atom. The average Bonchev–Trinajstić information content (AvgIpc) is 3.19. The number of esters is 2. The Kier molecular flexibility index (Phi) is 5.72. The maximum Gasteiger partial charge on any atom is 0.338 e. The van der Waals surface area contributed by atoms with Gasteiger partial charge in [-0.15, -0.1) is 0 Å². The molecule has 1 aliphatic rings. The zero-order chi connectivity index (χ0) is 22.8. The molecular weight excluding hydrogens is 416 g/mol. The predicted molar refractivity (Wildman–Crippen MR) is 111 cm³/mol. The molecule has 0 radical (unpaired) electrons. The highest BCUT2D eigenvalue weighted by Gasteiger charge is 2.41. The van der Waals surface area contributed by atoms with E-state index in [-0.39, 0.29) is 17.2 Å². The largest absolute Gasteiger partial charge is 0.454 e. The smallest absolute Gasteiger partial charge is 0.338 e. The van der Waals surface area contributed by atoms with Crippen LogP contribution < -0.4 is 0 Å². The van der Waals surface area contributed by atoms with Gasteiger partial charge >= 0.3 is 11.9 Å². The number of aromatic nitrogens is 1. The number of nitro benzene ring substituents is 1. The van der Waals surface area contributed by atoms with E-state index in [4.69, 9.17) is 13.9 Å². The first-order valence-corrected chi connectivity index (χ1v) is 10.00. The van der Waals surface area contributed by atoms with Crippen molar-refractivity contribution in [1.29, 1.82) is 0 Å². The maximum atomic E-state index is 12.9. The van der Waals surface area contributed by atoms with Gasteiger partial charge in [0.1, 0.15) is 12.4 Å². The van der Waals surface area contributed by atoms with E-state index < -0.39 is 29.1 Å². The summed E-state index contributed by atoms with van der Waals surface area (Å²) >= 11 is 0. The second-order valence-electron chi connectivity index (χ2n) is 7.63. The van der Waals surface area contributed by atoms with Gasteiger partial charge in [-0.25, -0.2) is 14.6 Å². The van der Waals surface area contributed by atoms with Gasteiger partial charge in [0.05, 0.1) is 21.7 Å². The van der Waals surface area contributed by atoms with Crippen molar-refractivity contribution in [2.24, 2.45) is 5.92 Å². The van der Waals surface area contributed by atoms with Crippen molar-refractivity contribution < 1.29 is 28.4 Å². The van der Waals surface area contributed by atoms with E-state index in [0.29, 0.717) is 29.1 Å². The normalized spacial score (nSPS) is 18.4. The molecule has 9 nitrogen and oxygen atoms in total. The lowest BCUT2D eigenvalue weighted by Crippen LogP contribution is -2.39. The molecular formula is C23H20N2O7. The van der Waals surface area contributed by atoms with Crippen molar-refractivity contribution in [3.63, 3.8) is 0 Å². The summed E-state index contributed by atoms with van der Waals surface area (Å²) in [7, 11) is 0. The van der Waals surface area contributed by atoms with Crippen molar-refractivity contribution in [1.82, 2.24) is 4.98 Å². The molecule has 1 aromatic heterocycles. The van der Waals surface area contributed by atoms with Crippen LogP contribution in [-0.4, -0.2) is 27.9 Å². The van der Waals surface area contributed by atoms with E-state index in [2.05, 4.69) is 4.98 Å². The van der Waals surface area contributed by atoms with E-state index in [1.165, 1.54) is 24.3 Å². The van der Waals surface area contributed by atoms with E-state index in [9.17, 15) is 19.7 Å². The third-order valence-corrected chi connectivity index (χ3v) is 5.34. The third kappa shape index (κ3) is 4.22. The van der Waals surface area contributed by atoms with Crippen molar-refractivity contribution in [3.05, 3.63) is 93.2 Å². The molecule has 0 fully saturated rings. The number of hydrogen-bond donors (Lipinski definition) is 0. The van der Waals surface area contributed by atoms with Crippen LogP contribution in [0.4, 0.5) is 5.69 Å². The van der Waals surface area contributed by atoms with Crippen LogP contribution in [0, 0.1) is 23.0 Å². The van der Waals surface area contributed by atoms with Gasteiger partial charge in [-0.3, -0.25) is 10.1 Å². The van der Waals surface area contributed by atoms with Crippen molar-refractivity contribution in [2.75, 3.05) is 0 Å². The fourth-order valence-electron chi connectivity index (χ4n) is 3.75. The monoisotopic (exact) mass is 436 g/mol. The third-order valence-electron chi connectivity index (χ3n) is 5.34. The molecule has 2 heterocycles. The lowest BCUT2D eigenvalue weighted by molar-refractivity contribution is -0.384. The van der Waals surface area contributed by atoms with Crippen LogP contribution in [0.15, 0.2) is 59.2 Å². The molecule has 0 aliphatic carbocycles. The van der Waals surface area contributed by atoms with Crippen LogP contribution in [0.1, 0.15) is 50.9 Å². The Hall–Kier alpha value is -4.01. The quantitative estimate of drug-likeness (QED) is 0.320. The van der Waals surface area contributed by atoms with Crippen LogP contribution in [0.3, 0.4) is 0 Å². The molecule has 1 aliphatic heterocycles. The number of nitrogens with zero attached hydrogens (tertiary/aromatic N) is 2. The van der Waals surface area contributed by atoms with Gasteiger partial charge in [-0.2, -0.15) is 0 Å². The van der Waals surface area contributed by atoms with E-state index in [1.54, 1.807) is 37.5 Å². The SMILES string of the molecule is Cc1nc(C[C@H](C)[C@@H]2OC(=O)c3ccccc3[C@H]2OC(=O)c2ccc([N+](=O)[O-])cc2)co1. The first-order chi connectivity index (χ1) is 15.3. The van der Waals surface area contributed by atoms with Crippen molar-refractivity contribution >= 4 is 17.6 Å². The Balaban J connectivity index is 1.62.